The van der Waals surface area contributed by atoms with Gasteiger partial charge in [-0.1, -0.05) is 37.3 Å². The summed E-state index contributed by atoms with van der Waals surface area (Å²) in [7, 11) is -3.48. The molecule has 0 saturated heterocycles. The van der Waals surface area contributed by atoms with Crippen molar-refractivity contribution in [1.29, 1.82) is 0 Å². The number of carbonyl (C=O) groups is 2. The smallest absolute Gasteiger partial charge is 0.242 e. The van der Waals surface area contributed by atoms with E-state index in [2.05, 4.69) is 4.98 Å². The van der Waals surface area contributed by atoms with Crippen LogP contribution in [0.4, 0.5) is 10.8 Å². The standard InChI is InChI=1S/C17H21N3O5S2/c1-11(2)10-25-13-7-5-4-6-12(13)20(15(22)8-14(18)21)17-19-9-16(26-17)27(3,23)24/h4-7,9,11H,8,10H2,1-3H3,(H2,18,21). The van der Waals surface area contributed by atoms with Gasteiger partial charge in [-0.15, -0.1) is 0 Å². The van der Waals surface area contributed by atoms with E-state index in [4.69, 9.17) is 10.5 Å². The molecule has 2 rings (SSSR count). The molecular formula is C17H21N3O5S2. The SMILES string of the molecule is CC(C)COc1ccccc1N(C(=O)CC(N)=O)c1ncc(S(C)(=O)=O)s1. The number of anilines is 2. The Morgan fingerprint density at radius 2 is 1.96 bits per heavy atom. The summed E-state index contributed by atoms with van der Waals surface area (Å²) in [5.74, 6) is -0.757. The van der Waals surface area contributed by atoms with Crippen LogP contribution in [0.3, 0.4) is 0 Å². The van der Waals surface area contributed by atoms with Gasteiger partial charge >= 0.3 is 0 Å². The number of hydrogen-bond donors (Lipinski definition) is 1. The summed E-state index contributed by atoms with van der Waals surface area (Å²) >= 11 is 0.830. The highest BCUT2D eigenvalue weighted by Crippen LogP contribution is 2.37. The maximum atomic E-state index is 12.7. The monoisotopic (exact) mass is 411 g/mol. The number of ether oxygens (including phenoxy) is 1. The largest absolute Gasteiger partial charge is 0.491 e. The Morgan fingerprint density at radius 3 is 2.52 bits per heavy atom. The van der Waals surface area contributed by atoms with E-state index in [-0.39, 0.29) is 15.3 Å². The van der Waals surface area contributed by atoms with Crippen molar-refractivity contribution < 1.29 is 22.7 Å². The van der Waals surface area contributed by atoms with Crippen LogP contribution in [0.15, 0.2) is 34.7 Å². The van der Waals surface area contributed by atoms with Gasteiger partial charge in [0.25, 0.3) is 0 Å². The van der Waals surface area contributed by atoms with Crippen molar-refractivity contribution in [2.75, 3.05) is 17.8 Å². The molecule has 1 heterocycles. The molecule has 0 aliphatic rings. The highest BCUT2D eigenvalue weighted by Gasteiger charge is 2.27. The van der Waals surface area contributed by atoms with Gasteiger partial charge in [0.1, 0.15) is 16.4 Å². The van der Waals surface area contributed by atoms with E-state index in [1.807, 2.05) is 13.8 Å². The molecule has 1 aromatic carbocycles. The van der Waals surface area contributed by atoms with Crippen LogP contribution in [-0.4, -0.2) is 38.1 Å². The van der Waals surface area contributed by atoms with E-state index in [0.717, 1.165) is 17.6 Å². The van der Waals surface area contributed by atoms with E-state index >= 15 is 0 Å². The summed E-state index contributed by atoms with van der Waals surface area (Å²) in [6.07, 6.45) is 1.68. The molecule has 0 spiro atoms. The van der Waals surface area contributed by atoms with E-state index < -0.39 is 28.1 Å². The summed E-state index contributed by atoms with van der Waals surface area (Å²) in [6, 6.07) is 6.77. The number of benzene rings is 1. The molecule has 0 fully saturated rings. The Labute approximate surface area is 161 Å². The first-order valence-electron chi connectivity index (χ1n) is 8.08. The predicted molar refractivity (Wildman–Crippen MR) is 103 cm³/mol. The van der Waals surface area contributed by atoms with Crippen molar-refractivity contribution in [3.8, 4) is 5.75 Å². The average molecular weight is 412 g/mol. The number of amides is 2. The highest BCUT2D eigenvalue weighted by molar-refractivity contribution is 7.92. The second kappa shape index (κ2) is 8.49. The second-order valence-corrected chi connectivity index (χ2v) is 9.53. The number of nitrogens with two attached hydrogens (primary N) is 1. The molecule has 0 aliphatic carbocycles. The Bertz CT molecular complexity index is 938. The Morgan fingerprint density at radius 1 is 1.30 bits per heavy atom. The molecule has 0 atom stereocenters. The molecule has 0 radical (unpaired) electrons. The Balaban J connectivity index is 2.53. The summed E-state index contributed by atoms with van der Waals surface area (Å²) in [5, 5.41) is 0.113. The molecule has 27 heavy (non-hydrogen) atoms. The molecule has 0 unspecified atom stereocenters. The summed E-state index contributed by atoms with van der Waals surface area (Å²) in [6.45, 7) is 4.39. The number of nitrogens with zero attached hydrogens (tertiary/aromatic N) is 2. The number of aromatic nitrogens is 1. The summed E-state index contributed by atoms with van der Waals surface area (Å²) < 4.78 is 29.3. The molecule has 0 saturated carbocycles. The van der Waals surface area contributed by atoms with Gasteiger partial charge < -0.3 is 10.5 Å². The number of primary amides is 1. The zero-order valence-electron chi connectivity index (χ0n) is 15.2. The van der Waals surface area contributed by atoms with Crippen molar-refractivity contribution in [2.24, 2.45) is 11.7 Å². The van der Waals surface area contributed by atoms with Crippen LogP contribution in [0, 0.1) is 5.92 Å². The molecule has 10 heteroatoms. The van der Waals surface area contributed by atoms with Crippen LogP contribution in [0.25, 0.3) is 0 Å². The first kappa shape index (κ1) is 20.8. The van der Waals surface area contributed by atoms with E-state index in [1.54, 1.807) is 24.3 Å². The Kier molecular flexibility index (Phi) is 6.55. The van der Waals surface area contributed by atoms with Crippen molar-refractivity contribution in [3.63, 3.8) is 0 Å². The molecule has 8 nitrogen and oxygen atoms in total. The van der Waals surface area contributed by atoms with Gasteiger partial charge in [-0.3, -0.25) is 14.5 Å². The van der Waals surface area contributed by atoms with Gasteiger partial charge in [-0.2, -0.15) is 0 Å². The lowest BCUT2D eigenvalue weighted by Crippen LogP contribution is -2.30. The zero-order valence-corrected chi connectivity index (χ0v) is 16.8. The lowest BCUT2D eigenvalue weighted by molar-refractivity contribution is -0.125. The van der Waals surface area contributed by atoms with Gasteiger partial charge in [0.05, 0.1) is 18.5 Å². The van der Waals surface area contributed by atoms with Gasteiger partial charge in [0, 0.05) is 6.26 Å². The van der Waals surface area contributed by atoms with Gasteiger partial charge in [0.15, 0.2) is 15.0 Å². The zero-order chi connectivity index (χ0) is 20.2. The van der Waals surface area contributed by atoms with Crippen LogP contribution in [0.5, 0.6) is 5.75 Å². The lowest BCUT2D eigenvalue weighted by Gasteiger charge is -2.22. The van der Waals surface area contributed by atoms with Gasteiger partial charge in [0.2, 0.25) is 11.8 Å². The molecule has 146 valence electrons. The number of hydrogen-bond acceptors (Lipinski definition) is 7. The van der Waals surface area contributed by atoms with E-state index in [0.29, 0.717) is 18.0 Å². The van der Waals surface area contributed by atoms with Crippen molar-refractivity contribution in [1.82, 2.24) is 4.98 Å². The van der Waals surface area contributed by atoms with Crippen molar-refractivity contribution in [2.45, 2.75) is 24.5 Å². The third-order valence-electron chi connectivity index (χ3n) is 3.28. The molecule has 1 aromatic heterocycles. The lowest BCUT2D eigenvalue weighted by atomic mass is 10.2. The van der Waals surface area contributed by atoms with Crippen LogP contribution in [-0.2, 0) is 19.4 Å². The minimum atomic E-state index is -3.48. The molecule has 0 bridgehead atoms. The maximum Gasteiger partial charge on any atom is 0.242 e. The molecule has 2 amide bonds. The Hall–Kier alpha value is -2.46. The predicted octanol–water partition coefficient (Wildman–Crippen LogP) is 2.12. The van der Waals surface area contributed by atoms with Crippen molar-refractivity contribution in [3.05, 3.63) is 30.5 Å². The fraction of sp³-hybridized carbons (Fsp3) is 0.353. The minimum Gasteiger partial charge on any atom is -0.491 e. The van der Waals surface area contributed by atoms with E-state index in [1.165, 1.54) is 11.1 Å². The third-order valence-corrected chi connectivity index (χ3v) is 6.05. The van der Waals surface area contributed by atoms with Crippen LogP contribution in [0.1, 0.15) is 20.3 Å². The van der Waals surface area contributed by atoms with Crippen LogP contribution < -0.4 is 15.4 Å². The maximum absolute atomic E-state index is 12.7. The molecule has 2 aromatic rings. The number of rotatable bonds is 8. The van der Waals surface area contributed by atoms with Crippen LogP contribution in [0.2, 0.25) is 0 Å². The van der Waals surface area contributed by atoms with Gasteiger partial charge in [-0.05, 0) is 18.1 Å². The topological polar surface area (TPSA) is 120 Å². The van der Waals surface area contributed by atoms with E-state index in [9.17, 15) is 18.0 Å². The molecule has 2 N–H and O–H groups in total. The number of thiazole rings is 1. The fourth-order valence-corrected chi connectivity index (χ4v) is 3.87. The fourth-order valence-electron chi connectivity index (χ4n) is 2.12. The van der Waals surface area contributed by atoms with Gasteiger partial charge in [-0.25, -0.2) is 13.4 Å². The molecule has 0 aliphatic heterocycles. The third kappa shape index (κ3) is 5.51. The average Bonchev–Trinajstić information content (AvgIpc) is 3.03. The quantitative estimate of drug-likeness (QED) is 0.665. The summed E-state index contributed by atoms with van der Waals surface area (Å²) in [4.78, 5) is 29.2. The normalized spacial score (nSPS) is 11.4. The number of para-hydroxylation sites is 2. The minimum absolute atomic E-state index is 0.00922. The van der Waals surface area contributed by atoms with Crippen LogP contribution >= 0.6 is 11.3 Å². The highest BCUT2D eigenvalue weighted by atomic mass is 32.2. The molecular weight excluding hydrogens is 390 g/mol. The number of sulfone groups is 1. The number of carbonyl (C=O) groups excluding carboxylic acids is 2. The first-order chi connectivity index (χ1) is 12.6. The summed E-state index contributed by atoms with van der Waals surface area (Å²) in [5.41, 5.74) is 5.53. The second-order valence-electron chi connectivity index (χ2n) is 6.28. The first-order valence-corrected chi connectivity index (χ1v) is 10.8. The van der Waals surface area contributed by atoms with Crippen molar-refractivity contribution >= 4 is 43.8 Å².